The Morgan fingerprint density at radius 2 is 2.06 bits per heavy atom. The van der Waals surface area contributed by atoms with E-state index in [2.05, 4.69) is 24.3 Å². The van der Waals surface area contributed by atoms with E-state index < -0.39 is 0 Å². The van der Waals surface area contributed by atoms with Gasteiger partial charge in [-0.15, -0.1) is 0 Å². The molecule has 2 heterocycles. The van der Waals surface area contributed by atoms with Gasteiger partial charge in [0.15, 0.2) is 0 Å². The van der Waals surface area contributed by atoms with Crippen LogP contribution in [0.15, 0.2) is 42.5 Å². The van der Waals surface area contributed by atoms with Gasteiger partial charge in [0.2, 0.25) is 0 Å². The highest BCUT2D eigenvalue weighted by molar-refractivity contribution is 5.73. The van der Waals surface area contributed by atoms with Crippen molar-refractivity contribution >= 4 is 12.2 Å². The average Bonchev–Trinajstić information content (AvgIpc) is 2.70. The lowest BCUT2D eigenvalue weighted by atomic mass is 10.00. The van der Waals surface area contributed by atoms with Gasteiger partial charge in [-0.3, -0.25) is 4.90 Å². The molecule has 1 aromatic carbocycles. The predicted molar refractivity (Wildman–Crippen MR) is 65.4 cm³/mol. The molecule has 86 valence electrons. The Balaban J connectivity index is 2.11. The van der Waals surface area contributed by atoms with E-state index in [1.807, 2.05) is 24.3 Å². The largest absolute Gasteiger partial charge is 0.453 e. The summed E-state index contributed by atoms with van der Waals surface area (Å²) in [4.78, 5) is 13.6. The van der Waals surface area contributed by atoms with Crippen LogP contribution < -0.4 is 0 Å². The maximum Gasteiger partial charge on any atom is 0.411 e. The summed E-state index contributed by atoms with van der Waals surface area (Å²) in [5, 5.41) is 0. The van der Waals surface area contributed by atoms with Crippen molar-refractivity contribution in [2.45, 2.75) is 12.1 Å². The second-order valence-electron chi connectivity index (χ2n) is 4.19. The third kappa shape index (κ3) is 1.46. The van der Waals surface area contributed by atoms with Crippen molar-refractivity contribution in [1.82, 2.24) is 4.90 Å². The number of benzene rings is 1. The highest BCUT2D eigenvalue weighted by atomic mass is 16.5. The molecule has 3 nitrogen and oxygen atoms in total. The van der Waals surface area contributed by atoms with Gasteiger partial charge in [-0.1, -0.05) is 48.6 Å². The molecular weight excluding hydrogens is 214 g/mol. The van der Waals surface area contributed by atoms with E-state index in [-0.39, 0.29) is 18.2 Å². The number of hydrogen-bond acceptors (Lipinski definition) is 2. The van der Waals surface area contributed by atoms with Crippen LogP contribution in [0.5, 0.6) is 0 Å². The van der Waals surface area contributed by atoms with E-state index >= 15 is 0 Å². The number of fused-ring (bicyclic) bond motifs is 4. The molecule has 2 aliphatic heterocycles. The van der Waals surface area contributed by atoms with E-state index in [4.69, 9.17) is 4.74 Å². The van der Waals surface area contributed by atoms with Crippen LogP contribution in [-0.2, 0) is 4.74 Å². The average molecular weight is 227 g/mol. The van der Waals surface area contributed by atoms with E-state index in [9.17, 15) is 4.79 Å². The van der Waals surface area contributed by atoms with Crippen molar-refractivity contribution in [3.05, 3.63) is 53.6 Å². The Morgan fingerprint density at radius 3 is 2.88 bits per heavy atom. The molecule has 0 spiro atoms. The van der Waals surface area contributed by atoms with Crippen LogP contribution >= 0.6 is 0 Å². The molecule has 0 aromatic heterocycles. The van der Waals surface area contributed by atoms with Crippen LogP contribution in [0.2, 0.25) is 0 Å². The fraction of sp³-hybridized carbons (Fsp3) is 0.214. The lowest BCUT2D eigenvalue weighted by Gasteiger charge is -2.26. The summed E-state index contributed by atoms with van der Waals surface area (Å²) in [6.45, 7) is 0. The van der Waals surface area contributed by atoms with Gasteiger partial charge < -0.3 is 4.74 Å². The number of rotatable bonds is 0. The number of nitrogens with zero attached hydrogens (tertiary/aromatic N) is 1. The molecule has 0 unspecified atom stereocenters. The normalized spacial score (nSPS) is 24.4. The van der Waals surface area contributed by atoms with E-state index in [1.54, 1.807) is 4.90 Å². The maximum absolute atomic E-state index is 11.8. The van der Waals surface area contributed by atoms with E-state index in [0.717, 1.165) is 5.56 Å². The van der Waals surface area contributed by atoms with Crippen LogP contribution in [0, 0.1) is 0 Å². The molecular formula is C14H13NO2. The summed E-state index contributed by atoms with van der Waals surface area (Å²) in [5.74, 6) is 0. The van der Waals surface area contributed by atoms with Crippen LogP contribution in [-0.4, -0.2) is 24.1 Å². The molecule has 0 fully saturated rings. The molecule has 2 atom stereocenters. The summed E-state index contributed by atoms with van der Waals surface area (Å²) in [5.41, 5.74) is 2.31. The fourth-order valence-corrected chi connectivity index (χ4v) is 2.48. The molecule has 17 heavy (non-hydrogen) atoms. The van der Waals surface area contributed by atoms with Crippen LogP contribution in [0.1, 0.15) is 17.2 Å². The highest BCUT2D eigenvalue weighted by Crippen LogP contribution is 2.36. The summed E-state index contributed by atoms with van der Waals surface area (Å²) in [6, 6.07) is 8.11. The van der Waals surface area contributed by atoms with Crippen molar-refractivity contribution < 1.29 is 9.53 Å². The molecule has 0 saturated heterocycles. The first kappa shape index (κ1) is 10.1. The van der Waals surface area contributed by atoms with Crippen LogP contribution in [0.3, 0.4) is 0 Å². The number of methoxy groups -OCH3 is 1. The Morgan fingerprint density at radius 1 is 1.24 bits per heavy atom. The molecule has 0 radical (unpaired) electrons. The highest BCUT2D eigenvalue weighted by Gasteiger charge is 2.35. The van der Waals surface area contributed by atoms with Gasteiger partial charge in [0.1, 0.15) is 0 Å². The van der Waals surface area contributed by atoms with Crippen molar-refractivity contribution in [3.63, 3.8) is 0 Å². The van der Waals surface area contributed by atoms with Crippen LogP contribution in [0.25, 0.3) is 6.08 Å². The molecule has 3 heteroatoms. The Labute approximate surface area is 100.0 Å². The van der Waals surface area contributed by atoms with Crippen molar-refractivity contribution in [2.24, 2.45) is 0 Å². The quantitative estimate of drug-likeness (QED) is 0.638. The second-order valence-corrected chi connectivity index (χ2v) is 4.19. The second kappa shape index (κ2) is 3.77. The first-order valence-electron chi connectivity index (χ1n) is 5.63. The number of hydrogen-bond donors (Lipinski definition) is 0. The van der Waals surface area contributed by atoms with Gasteiger partial charge in [0.05, 0.1) is 19.2 Å². The standard InChI is InChI=1S/C14H13NO2/c1-17-14(16)15-11-7-6-10-4-2-3-5-12(10)13(15)9-8-11/h2-9,11,13H,1H3/t11-,13-/m1/s1. The zero-order chi connectivity index (χ0) is 11.8. The van der Waals surface area contributed by atoms with Crippen LogP contribution in [0.4, 0.5) is 4.79 Å². The molecule has 2 bridgehead atoms. The molecule has 3 rings (SSSR count). The van der Waals surface area contributed by atoms with Gasteiger partial charge in [-0.2, -0.15) is 0 Å². The number of carbonyl (C=O) groups excluding carboxylic acids is 1. The monoisotopic (exact) mass is 227 g/mol. The molecule has 0 N–H and O–H groups in total. The maximum atomic E-state index is 11.8. The molecule has 0 saturated carbocycles. The SMILES string of the molecule is COC(=O)N1[C@@H]2C=Cc3ccccc3[C@H]1C=C2. The summed E-state index contributed by atoms with van der Waals surface area (Å²) >= 11 is 0. The minimum Gasteiger partial charge on any atom is -0.453 e. The lowest BCUT2D eigenvalue weighted by molar-refractivity contribution is 0.114. The topological polar surface area (TPSA) is 29.5 Å². The minimum absolute atomic E-state index is 0.000139. The first-order valence-corrected chi connectivity index (χ1v) is 5.63. The summed E-state index contributed by atoms with van der Waals surface area (Å²) in [7, 11) is 1.42. The predicted octanol–water partition coefficient (Wildman–Crippen LogP) is 2.76. The van der Waals surface area contributed by atoms with Gasteiger partial charge in [-0.05, 0) is 11.1 Å². The van der Waals surface area contributed by atoms with E-state index in [0.29, 0.717) is 0 Å². The third-order valence-electron chi connectivity index (χ3n) is 3.28. The van der Waals surface area contributed by atoms with Gasteiger partial charge in [-0.25, -0.2) is 4.79 Å². The molecule has 1 amide bonds. The minimum atomic E-state index is -0.286. The zero-order valence-corrected chi connectivity index (χ0v) is 9.54. The van der Waals surface area contributed by atoms with Crippen molar-refractivity contribution in [2.75, 3.05) is 7.11 Å². The third-order valence-corrected chi connectivity index (χ3v) is 3.28. The smallest absolute Gasteiger partial charge is 0.411 e. The summed E-state index contributed by atoms with van der Waals surface area (Å²) < 4.78 is 4.85. The van der Waals surface area contributed by atoms with Gasteiger partial charge >= 0.3 is 6.09 Å². The lowest BCUT2D eigenvalue weighted by Crippen LogP contribution is -2.36. The number of ether oxygens (including phenoxy) is 1. The fourth-order valence-electron chi connectivity index (χ4n) is 2.48. The number of amides is 1. The Kier molecular flexibility index (Phi) is 2.25. The summed E-state index contributed by atoms with van der Waals surface area (Å²) in [6.07, 6.45) is 7.91. The zero-order valence-electron chi connectivity index (χ0n) is 9.54. The molecule has 0 aliphatic carbocycles. The molecule has 2 aliphatic rings. The van der Waals surface area contributed by atoms with E-state index in [1.165, 1.54) is 12.7 Å². The number of carbonyl (C=O) groups is 1. The van der Waals surface area contributed by atoms with Crippen molar-refractivity contribution in [3.8, 4) is 0 Å². The first-order chi connectivity index (χ1) is 8.31. The Hall–Kier alpha value is -2.03. The molecule has 1 aromatic rings. The van der Waals surface area contributed by atoms with Gasteiger partial charge in [0, 0.05) is 0 Å². The Bertz CT molecular complexity index is 519. The van der Waals surface area contributed by atoms with Gasteiger partial charge in [0.25, 0.3) is 0 Å². The van der Waals surface area contributed by atoms with Crippen molar-refractivity contribution in [1.29, 1.82) is 0 Å².